The normalized spacial score (nSPS) is 10.6. The fraction of sp³-hybridized carbons (Fsp3) is 0.263. The topological polar surface area (TPSA) is 69.6 Å². The molecule has 8 heteroatoms. The minimum atomic E-state index is -0.672. The Hall–Kier alpha value is -1.95. The third-order valence-corrected chi connectivity index (χ3v) is 5.10. The van der Waals surface area contributed by atoms with Gasteiger partial charge in [0.2, 0.25) is 5.91 Å². The largest absolute Gasteiger partial charge is 0.505 e. The van der Waals surface area contributed by atoms with E-state index in [1.165, 1.54) is 13.1 Å². The summed E-state index contributed by atoms with van der Waals surface area (Å²) in [6, 6.07) is 5.17. The molecule has 0 aliphatic rings. The number of phenols is 1. The number of hydrogen-bond acceptors (Lipinski definition) is 3. The van der Waals surface area contributed by atoms with Crippen LogP contribution in [0, 0.1) is 20.8 Å². The van der Waals surface area contributed by atoms with Gasteiger partial charge >= 0.3 is 0 Å². The summed E-state index contributed by atoms with van der Waals surface area (Å²) in [7, 11) is 1.42. The lowest BCUT2D eigenvalue weighted by Crippen LogP contribution is -2.35. The van der Waals surface area contributed by atoms with Gasteiger partial charge in [-0.25, -0.2) is 0 Å². The molecule has 0 atom stereocenters. The van der Waals surface area contributed by atoms with Crippen LogP contribution in [0.4, 0.5) is 5.69 Å². The zero-order valence-electron chi connectivity index (χ0n) is 15.3. The molecule has 0 unspecified atom stereocenters. The first-order valence-electron chi connectivity index (χ1n) is 8.02. The number of aryl methyl sites for hydroxylation is 3. The maximum Gasteiger partial charge on any atom is 0.259 e. The van der Waals surface area contributed by atoms with Gasteiger partial charge in [-0.15, -0.1) is 0 Å². The van der Waals surface area contributed by atoms with E-state index in [-0.39, 0.29) is 33.1 Å². The number of carbonyl (C=O) groups excluding carboxylic acids is 2. The van der Waals surface area contributed by atoms with Crippen LogP contribution >= 0.6 is 34.8 Å². The molecule has 0 aliphatic carbocycles. The number of carbonyl (C=O) groups is 2. The maximum atomic E-state index is 12.6. The van der Waals surface area contributed by atoms with Gasteiger partial charge in [-0.2, -0.15) is 0 Å². The lowest BCUT2D eigenvalue weighted by Gasteiger charge is -2.20. The van der Waals surface area contributed by atoms with Crippen molar-refractivity contribution in [2.75, 3.05) is 18.9 Å². The van der Waals surface area contributed by atoms with E-state index in [2.05, 4.69) is 5.32 Å². The second kappa shape index (κ2) is 8.38. The van der Waals surface area contributed by atoms with Gasteiger partial charge in [-0.05, 0) is 38.0 Å². The van der Waals surface area contributed by atoms with Crippen LogP contribution in [0.25, 0.3) is 0 Å². The van der Waals surface area contributed by atoms with Crippen molar-refractivity contribution in [3.05, 3.63) is 55.5 Å². The fourth-order valence-electron chi connectivity index (χ4n) is 2.82. The Balaban J connectivity index is 2.20. The van der Waals surface area contributed by atoms with Gasteiger partial charge in [-0.1, -0.05) is 52.5 Å². The maximum absolute atomic E-state index is 12.6. The Kier molecular flexibility index (Phi) is 6.63. The molecule has 2 amide bonds. The van der Waals surface area contributed by atoms with Gasteiger partial charge < -0.3 is 15.3 Å². The van der Waals surface area contributed by atoms with Crippen LogP contribution in [0.5, 0.6) is 5.75 Å². The number of halogens is 3. The van der Waals surface area contributed by atoms with Crippen molar-refractivity contribution in [3.8, 4) is 5.75 Å². The average Bonchev–Trinajstić information content (AvgIpc) is 2.56. The summed E-state index contributed by atoms with van der Waals surface area (Å²) in [5.74, 6) is -1.53. The number of amides is 2. The summed E-state index contributed by atoms with van der Waals surface area (Å²) in [6.07, 6.45) is 0. The smallest absolute Gasteiger partial charge is 0.259 e. The molecule has 0 saturated carbocycles. The highest BCUT2D eigenvalue weighted by Gasteiger charge is 2.25. The van der Waals surface area contributed by atoms with Crippen LogP contribution in [-0.2, 0) is 4.79 Å². The first kappa shape index (κ1) is 21.4. The van der Waals surface area contributed by atoms with Gasteiger partial charge in [0.05, 0.1) is 21.6 Å². The van der Waals surface area contributed by atoms with E-state index >= 15 is 0 Å². The summed E-state index contributed by atoms with van der Waals surface area (Å²) < 4.78 is 0. The Bertz CT molecular complexity index is 880. The van der Waals surface area contributed by atoms with E-state index in [0.717, 1.165) is 21.6 Å². The summed E-state index contributed by atoms with van der Waals surface area (Å²) >= 11 is 17.8. The standard InChI is InChI=1S/C19H19Cl3N2O3/c1-9-5-10(2)17(11(3)6-9)23-14(25)8-24(4)19(27)15-16(22)12(20)7-13(21)18(15)26/h5-7,26H,8H2,1-4H3,(H,23,25). The number of anilines is 1. The van der Waals surface area contributed by atoms with E-state index in [0.29, 0.717) is 5.69 Å². The molecule has 144 valence electrons. The van der Waals surface area contributed by atoms with Crippen molar-refractivity contribution in [1.29, 1.82) is 0 Å². The van der Waals surface area contributed by atoms with Crippen LogP contribution < -0.4 is 5.32 Å². The lowest BCUT2D eigenvalue weighted by atomic mass is 10.1. The molecule has 2 N–H and O–H groups in total. The summed E-state index contributed by atoms with van der Waals surface area (Å²) in [5.41, 5.74) is 3.41. The molecule has 5 nitrogen and oxygen atoms in total. The Labute approximate surface area is 172 Å². The van der Waals surface area contributed by atoms with Crippen LogP contribution in [0.3, 0.4) is 0 Å². The summed E-state index contributed by atoms with van der Waals surface area (Å²) in [4.78, 5) is 26.2. The molecule has 0 bridgehead atoms. The van der Waals surface area contributed by atoms with Gasteiger partial charge in [0, 0.05) is 12.7 Å². The van der Waals surface area contributed by atoms with Gasteiger partial charge in [0.1, 0.15) is 11.3 Å². The minimum Gasteiger partial charge on any atom is -0.505 e. The molecule has 0 radical (unpaired) electrons. The minimum absolute atomic E-state index is 0.0339. The monoisotopic (exact) mass is 428 g/mol. The van der Waals surface area contributed by atoms with Crippen LogP contribution in [0.15, 0.2) is 18.2 Å². The zero-order chi connectivity index (χ0) is 20.5. The van der Waals surface area contributed by atoms with Crippen molar-refractivity contribution in [1.82, 2.24) is 4.90 Å². The molecule has 2 aromatic rings. The van der Waals surface area contributed by atoms with Gasteiger partial charge in [-0.3, -0.25) is 9.59 Å². The number of nitrogens with zero attached hydrogens (tertiary/aromatic N) is 1. The SMILES string of the molecule is Cc1cc(C)c(NC(=O)CN(C)C(=O)c2c(O)c(Cl)cc(Cl)c2Cl)c(C)c1. The summed E-state index contributed by atoms with van der Waals surface area (Å²) in [5, 5.41) is 12.7. The van der Waals surface area contributed by atoms with Crippen molar-refractivity contribution in [2.45, 2.75) is 20.8 Å². The second-order valence-electron chi connectivity index (χ2n) is 6.36. The zero-order valence-corrected chi connectivity index (χ0v) is 17.6. The number of hydrogen-bond donors (Lipinski definition) is 2. The van der Waals surface area contributed by atoms with Crippen molar-refractivity contribution in [2.24, 2.45) is 0 Å². The molecule has 27 heavy (non-hydrogen) atoms. The van der Waals surface area contributed by atoms with Crippen molar-refractivity contribution < 1.29 is 14.7 Å². The number of nitrogens with one attached hydrogen (secondary N) is 1. The van der Waals surface area contributed by atoms with Crippen LogP contribution in [-0.4, -0.2) is 35.4 Å². The third-order valence-electron chi connectivity index (χ3n) is 4.03. The number of likely N-dealkylation sites (N-methyl/N-ethyl adjacent to an activating group) is 1. The van der Waals surface area contributed by atoms with E-state index in [1.54, 1.807) is 0 Å². The number of benzene rings is 2. The van der Waals surface area contributed by atoms with Crippen molar-refractivity contribution in [3.63, 3.8) is 0 Å². The van der Waals surface area contributed by atoms with E-state index in [1.807, 2.05) is 32.9 Å². The highest BCUT2D eigenvalue weighted by molar-refractivity contribution is 6.45. The van der Waals surface area contributed by atoms with Crippen LogP contribution in [0.2, 0.25) is 15.1 Å². The van der Waals surface area contributed by atoms with Gasteiger partial charge in [0.15, 0.2) is 0 Å². The predicted molar refractivity (Wildman–Crippen MR) is 109 cm³/mol. The Morgan fingerprint density at radius 3 is 2.15 bits per heavy atom. The number of rotatable bonds is 4. The van der Waals surface area contributed by atoms with E-state index < -0.39 is 11.7 Å². The van der Waals surface area contributed by atoms with Gasteiger partial charge in [0.25, 0.3) is 5.91 Å². The van der Waals surface area contributed by atoms with Crippen molar-refractivity contribution >= 4 is 52.3 Å². The quantitative estimate of drug-likeness (QED) is 0.673. The molecule has 0 aromatic heterocycles. The molecule has 0 spiro atoms. The predicted octanol–water partition coefficient (Wildman–Crippen LogP) is 4.99. The lowest BCUT2D eigenvalue weighted by molar-refractivity contribution is -0.116. The molecular formula is C19H19Cl3N2O3. The average molecular weight is 430 g/mol. The highest BCUT2D eigenvalue weighted by atomic mass is 35.5. The summed E-state index contributed by atoms with van der Waals surface area (Å²) in [6.45, 7) is 5.53. The highest BCUT2D eigenvalue weighted by Crippen LogP contribution is 2.38. The third kappa shape index (κ3) is 4.67. The molecular weight excluding hydrogens is 411 g/mol. The molecule has 0 heterocycles. The molecule has 2 aromatic carbocycles. The molecule has 0 aliphatic heterocycles. The first-order chi connectivity index (χ1) is 12.5. The second-order valence-corrected chi connectivity index (χ2v) is 7.55. The van der Waals surface area contributed by atoms with Crippen LogP contribution in [0.1, 0.15) is 27.0 Å². The Morgan fingerprint density at radius 2 is 1.59 bits per heavy atom. The van der Waals surface area contributed by atoms with E-state index in [4.69, 9.17) is 34.8 Å². The molecule has 0 fully saturated rings. The number of aromatic hydroxyl groups is 1. The van der Waals surface area contributed by atoms with E-state index in [9.17, 15) is 14.7 Å². The molecule has 0 saturated heterocycles. The first-order valence-corrected chi connectivity index (χ1v) is 9.16. The Morgan fingerprint density at radius 1 is 1.04 bits per heavy atom. The fourth-order valence-corrected chi connectivity index (χ4v) is 3.50. The number of phenolic OH excluding ortho intramolecular Hbond substituents is 1. The molecule has 2 rings (SSSR count).